The molecule has 3 aromatic rings. The molecule has 0 spiro atoms. The molecule has 1 amide bonds. The number of phenols is 1. The van der Waals surface area contributed by atoms with Gasteiger partial charge in [-0.15, -0.1) is 0 Å². The first-order valence-electron chi connectivity index (χ1n) is 9.55. The van der Waals surface area contributed by atoms with Crippen LogP contribution in [0.1, 0.15) is 25.3 Å². The van der Waals surface area contributed by atoms with E-state index in [1.165, 1.54) is 18.2 Å². The maximum absolute atomic E-state index is 14.0. The van der Waals surface area contributed by atoms with Crippen LogP contribution < -0.4 is 10.1 Å². The predicted octanol–water partition coefficient (Wildman–Crippen LogP) is 3.62. The van der Waals surface area contributed by atoms with E-state index in [9.17, 15) is 14.3 Å². The van der Waals surface area contributed by atoms with Gasteiger partial charge in [0.25, 0.3) is 0 Å². The van der Waals surface area contributed by atoms with Crippen molar-refractivity contribution < 1.29 is 19.0 Å². The Hall–Kier alpha value is -3.35. The third-order valence-electron chi connectivity index (χ3n) is 5.27. The van der Waals surface area contributed by atoms with Crippen LogP contribution in [0, 0.1) is 5.82 Å². The minimum atomic E-state index is -0.662. The fraction of sp³-hybridized carbons (Fsp3) is 0.273. The van der Waals surface area contributed by atoms with Crippen molar-refractivity contribution >= 4 is 11.4 Å². The molecule has 0 aliphatic heterocycles. The fourth-order valence-electron chi connectivity index (χ4n) is 3.63. The van der Waals surface area contributed by atoms with Crippen molar-refractivity contribution in [2.75, 3.05) is 0 Å². The minimum absolute atomic E-state index is 0.0266. The lowest BCUT2D eigenvalue weighted by atomic mass is 9.89. The summed E-state index contributed by atoms with van der Waals surface area (Å²) >= 11 is 0. The molecule has 29 heavy (non-hydrogen) atoms. The molecule has 2 aromatic heterocycles. The summed E-state index contributed by atoms with van der Waals surface area (Å²) in [5.74, 6) is -0.554. The number of aromatic nitrogens is 2. The van der Waals surface area contributed by atoms with Gasteiger partial charge in [-0.25, -0.2) is 9.37 Å². The Kier molecular flexibility index (Phi) is 4.96. The topological polar surface area (TPSA) is 75.9 Å². The summed E-state index contributed by atoms with van der Waals surface area (Å²) in [4.78, 5) is 15.6. The Labute approximate surface area is 167 Å². The van der Waals surface area contributed by atoms with Crippen molar-refractivity contribution in [1.82, 2.24) is 14.7 Å². The Morgan fingerprint density at radius 2 is 2.24 bits per heavy atom. The lowest BCUT2D eigenvalue weighted by Crippen LogP contribution is -2.48. The van der Waals surface area contributed by atoms with Crippen molar-refractivity contribution in [2.24, 2.45) is 0 Å². The van der Waals surface area contributed by atoms with E-state index in [0.29, 0.717) is 30.6 Å². The summed E-state index contributed by atoms with van der Waals surface area (Å²) in [6.45, 7) is 5.41. The first-order chi connectivity index (χ1) is 14.0. The number of phenolic OH excluding ortho intramolecular Hbond substituents is 1. The summed E-state index contributed by atoms with van der Waals surface area (Å²) in [5.41, 5.74) is 3.12. The van der Waals surface area contributed by atoms with Crippen LogP contribution in [-0.2, 0) is 11.2 Å². The van der Waals surface area contributed by atoms with E-state index in [0.717, 1.165) is 16.6 Å². The van der Waals surface area contributed by atoms with Gasteiger partial charge >= 0.3 is 0 Å². The second-order valence-corrected chi connectivity index (χ2v) is 7.21. The van der Waals surface area contributed by atoms with Crippen LogP contribution in [0.4, 0.5) is 4.39 Å². The van der Waals surface area contributed by atoms with Gasteiger partial charge in [0.1, 0.15) is 17.4 Å². The molecule has 2 N–H and O–H groups in total. The number of aromatic hydroxyl groups is 1. The monoisotopic (exact) mass is 395 g/mol. The number of fused-ring (bicyclic) bond motifs is 1. The van der Waals surface area contributed by atoms with E-state index in [1.54, 1.807) is 12.5 Å². The van der Waals surface area contributed by atoms with Crippen molar-refractivity contribution in [1.29, 1.82) is 0 Å². The molecule has 0 bridgehead atoms. The number of hydrogen-bond acceptors (Lipinski definition) is 4. The average Bonchev–Trinajstić information content (AvgIpc) is 3.16. The molecule has 2 heterocycles. The van der Waals surface area contributed by atoms with Gasteiger partial charge in [0.2, 0.25) is 5.91 Å². The molecular weight excluding hydrogens is 373 g/mol. The van der Waals surface area contributed by atoms with Gasteiger partial charge in [0.05, 0.1) is 12.5 Å². The standard InChI is InChI=1S/C22H22FN3O3/c1-3-13-5-20(27)18(23)9-17(13)14-6-21(19-10-24-12-26(19)11-14)29-16-7-15(8-16)25-22(28)4-2/h4-6,9-12,15-16,27H,2-3,7-8H2,1H3,(H,25,28)/t15-,16-. The smallest absolute Gasteiger partial charge is 0.243 e. The first-order valence-corrected chi connectivity index (χ1v) is 9.55. The van der Waals surface area contributed by atoms with E-state index in [-0.39, 0.29) is 23.8 Å². The van der Waals surface area contributed by atoms with E-state index in [1.807, 2.05) is 23.6 Å². The zero-order valence-corrected chi connectivity index (χ0v) is 16.1. The number of benzene rings is 1. The van der Waals surface area contributed by atoms with Crippen LogP contribution in [0.25, 0.3) is 16.6 Å². The minimum Gasteiger partial charge on any atom is -0.505 e. The van der Waals surface area contributed by atoms with Crippen LogP contribution in [-0.4, -0.2) is 32.5 Å². The molecule has 0 unspecified atom stereocenters. The highest BCUT2D eigenvalue weighted by Crippen LogP contribution is 2.35. The zero-order valence-electron chi connectivity index (χ0n) is 16.1. The fourth-order valence-corrected chi connectivity index (χ4v) is 3.63. The number of amides is 1. The highest BCUT2D eigenvalue weighted by molar-refractivity contribution is 5.87. The maximum atomic E-state index is 14.0. The van der Waals surface area contributed by atoms with Gasteiger partial charge in [-0.3, -0.25) is 4.79 Å². The molecule has 1 aromatic carbocycles. The van der Waals surface area contributed by atoms with Gasteiger partial charge in [0.15, 0.2) is 11.6 Å². The van der Waals surface area contributed by atoms with E-state index >= 15 is 0 Å². The Morgan fingerprint density at radius 1 is 1.45 bits per heavy atom. The van der Waals surface area contributed by atoms with Crippen LogP contribution in [0.2, 0.25) is 0 Å². The van der Waals surface area contributed by atoms with E-state index < -0.39 is 5.82 Å². The van der Waals surface area contributed by atoms with Crippen LogP contribution in [0.3, 0.4) is 0 Å². The summed E-state index contributed by atoms with van der Waals surface area (Å²) in [6, 6.07) is 4.76. The highest BCUT2D eigenvalue weighted by Gasteiger charge is 2.32. The molecular formula is C22H22FN3O3. The molecule has 1 aliphatic rings. The van der Waals surface area contributed by atoms with Crippen LogP contribution in [0.5, 0.6) is 11.5 Å². The summed E-state index contributed by atoms with van der Waals surface area (Å²) < 4.78 is 22.1. The number of nitrogens with one attached hydrogen (secondary N) is 1. The van der Waals surface area contributed by atoms with Crippen molar-refractivity contribution in [2.45, 2.75) is 38.3 Å². The molecule has 150 valence electrons. The quantitative estimate of drug-likeness (QED) is 0.625. The van der Waals surface area contributed by atoms with Crippen molar-refractivity contribution in [3.8, 4) is 22.6 Å². The normalized spacial score (nSPS) is 18.3. The summed E-state index contributed by atoms with van der Waals surface area (Å²) in [7, 11) is 0. The number of imidazole rings is 1. The first kappa shape index (κ1) is 19.0. The van der Waals surface area contributed by atoms with Gasteiger partial charge in [-0.2, -0.15) is 0 Å². The number of aryl methyl sites for hydroxylation is 1. The van der Waals surface area contributed by atoms with Gasteiger partial charge < -0.3 is 19.6 Å². The Bertz CT molecular complexity index is 1090. The lowest BCUT2D eigenvalue weighted by Gasteiger charge is -2.35. The number of nitrogens with zero attached hydrogens (tertiary/aromatic N) is 2. The molecule has 0 saturated heterocycles. The second-order valence-electron chi connectivity index (χ2n) is 7.21. The number of pyridine rings is 1. The SMILES string of the molecule is C=CC(=O)N[C@H]1C[C@H](Oc2cc(-c3cc(F)c(O)cc3CC)cn3cncc23)C1. The Balaban J connectivity index is 1.63. The van der Waals surface area contributed by atoms with Crippen molar-refractivity contribution in [3.05, 3.63) is 61.0 Å². The largest absolute Gasteiger partial charge is 0.505 e. The Morgan fingerprint density at radius 3 is 2.97 bits per heavy atom. The number of ether oxygens (including phenoxy) is 1. The molecule has 4 rings (SSSR count). The summed E-state index contributed by atoms with van der Waals surface area (Å²) in [5, 5.41) is 12.6. The highest BCUT2D eigenvalue weighted by atomic mass is 19.1. The average molecular weight is 395 g/mol. The summed E-state index contributed by atoms with van der Waals surface area (Å²) in [6.07, 6.45) is 8.55. The molecule has 6 nitrogen and oxygen atoms in total. The number of hydrogen-bond donors (Lipinski definition) is 2. The molecule has 1 aliphatic carbocycles. The zero-order chi connectivity index (χ0) is 20.5. The third kappa shape index (κ3) is 3.68. The van der Waals surface area contributed by atoms with Crippen molar-refractivity contribution in [3.63, 3.8) is 0 Å². The number of carbonyl (C=O) groups excluding carboxylic acids is 1. The van der Waals surface area contributed by atoms with Gasteiger partial charge in [-0.05, 0) is 41.8 Å². The number of carbonyl (C=O) groups is 1. The molecule has 0 atom stereocenters. The number of halogens is 1. The van der Waals surface area contributed by atoms with Gasteiger partial charge in [-0.1, -0.05) is 13.5 Å². The molecule has 7 heteroatoms. The van der Waals surface area contributed by atoms with Gasteiger partial charge in [0, 0.05) is 30.6 Å². The lowest BCUT2D eigenvalue weighted by molar-refractivity contribution is -0.118. The molecule has 1 saturated carbocycles. The maximum Gasteiger partial charge on any atom is 0.243 e. The van der Waals surface area contributed by atoms with E-state index in [2.05, 4.69) is 16.9 Å². The molecule has 0 radical (unpaired) electrons. The molecule has 1 fully saturated rings. The van der Waals surface area contributed by atoms with Crippen LogP contribution in [0.15, 0.2) is 49.6 Å². The number of rotatable bonds is 6. The second kappa shape index (κ2) is 7.58. The van der Waals surface area contributed by atoms with E-state index in [4.69, 9.17) is 4.74 Å². The third-order valence-corrected chi connectivity index (χ3v) is 5.27. The van der Waals surface area contributed by atoms with Crippen LogP contribution >= 0.6 is 0 Å². The predicted molar refractivity (Wildman–Crippen MR) is 107 cm³/mol.